The SMILES string of the molecule is O=C(c1cnccc1Cl)N1CC=CCC1. The smallest absolute Gasteiger partial charge is 0.257 e. The predicted molar refractivity (Wildman–Crippen MR) is 58.9 cm³/mol. The van der Waals surface area contributed by atoms with Gasteiger partial charge >= 0.3 is 0 Å². The molecule has 3 nitrogen and oxygen atoms in total. The average molecular weight is 223 g/mol. The Kier molecular flexibility index (Phi) is 3.02. The quantitative estimate of drug-likeness (QED) is 0.682. The van der Waals surface area contributed by atoms with E-state index in [1.807, 2.05) is 6.08 Å². The lowest BCUT2D eigenvalue weighted by Gasteiger charge is -2.23. The van der Waals surface area contributed by atoms with Crippen LogP contribution in [0.15, 0.2) is 30.6 Å². The van der Waals surface area contributed by atoms with Crippen molar-refractivity contribution in [2.45, 2.75) is 6.42 Å². The number of nitrogens with zero attached hydrogens (tertiary/aromatic N) is 2. The molecule has 15 heavy (non-hydrogen) atoms. The van der Waals surface area contributed by atoms with Gasteiger partial charge in [0.05, 0.1) is 10.6 Å². The molecule has 1 aliphatic rings. The Morgan fingerprint density at radius 1 is 1.47 bits per heavy atom. The minimum atomic E-state index is -0.0440. The summed E-state index contributed by atoms with van der Waals surface area (Å²) in [5.74, 6) is -0.0440. The van der Waals surface area contributed by atoms with Gasteiger partial charge in [-0.1, -0.05) is 23.8 Å². The number of rotatable bonds is 1. The van der Waals surface area contributed by atoms with E-state index in [4.69, 9.17) is 11.6 Å². The van der Waals surface area contributed by atoms with Crippen LogP contribution in [0.1, 0.15) is 16.8 Å². The summed E-state index contributed by atoms with van der Waals surface area (Å²) in [5.41, 5.74) is 0.481. The second-order valence-electron chi connectivity index (χ2n) is 3.37. The van der Waals surface area contributed by atoms with E-state index in [0.717, 1.165) is 13.0 Å². The zero-order chi connectivity index (χ0) is 10.7. The molecule has 0 aliphatic carbocycles. The molecule has 1 aliphatic heterocycles. The molecule has 1 aromatic heterocycles. The molecule has 1 amide bonds. The van der Waals surface area contributed by atoms with E-state index in [1.54, 1.807) is 17.2 Å². The Bertz CT molecular complexity index is 403. The largest absolute Gasteiger partial charge is 0.335 e. The van der Waals surface area contributed by atoms with Gasteiger partial charge in [-0.05, 0) is 12.5 Å². The summed E-state index contributed by atoms with van der Waals surface area (Å²) < 4.78 is 0. The molecule has 2 heterocycles. The fourth-order valence-corrected chi connectivity index (χ4v) is 1.72. The summed E-state index contributed by atoms with van der Waals surface area (Å²) in [6.07, 6.45) is 8.07. The minimum absolute atomic E-state index is 0.0440. The molecular formula is C11H11ClN2O. The summed E-state index contributed by atoms with van der Waals surface area (Å²) in [6.45, 7) is 1.41. The summed E-state index contributed by atoms with van der Waals surface area (Å²) in [6, 6.07) is 1.63. The number of hydrogen-bond donors (Lipinski definition) is 0. The Labute approximate surface area is 93.4 Å². The third-order valence-electron chi connectivity index (χ3n) is 2.34. The fraction of sp³-hybridized carbons (Fsp3) is 0.273. The minimum Gasteiger partial charge on any atom is -0.335 e. The maximum atomic E-state index is 12.0. The lowest BCUT2D eigenvalue weighted by molar-refractivity contribution is 0.0771. The summed E-state index contributed by atoms with van der Waals surface area (Å²) in [4.78, 5) is 17.7. The zero-order valence-electron chi connectivity index (χ0n) is 8.19. The van der Waals surface area contributed by atoms with Crippen molar-refractivity contribution in [1.82, 2.24) is 9.88 Å². The molecular weight excluding hydrogens is 212 g/mol. The number of pyridine rings is 1. The van der Waals surface area contributed by atoms with Gasteiger partial charge in [-0.2, -0.15) is 0 Å². The fourth-order valence-electron chi connectivity index (χ4n) is 1.53. The third-order valence-corrected chi connectivity index (χ3v) is 2.67. The van der Waals surface area contributed by atoms with E-state index < -0.39 is 0 Å². The Morgan fingerprint density at radius 3 is 3.00 bits per heavy atom. The maximum Gasteiger partial charge on any atom is 0.257 e. The van der Waals surface area contributed by atoms with Gasteiger partial charge in [0, 0.05) is 25.5 Å². The molecule has 0 saturated heterocycles. The van der Waals surface area contributed by atoms with Crippen LogP contribution in [0.5, 0.6) is 0 Å². The molecule has 0 atom stereocenters. The molecule has 0 saturated carbocycles. The normalized spacial score (nSPS) is 15.4. The van der Waals surface area contributed by atoms with Crippen LogP contribution in [0, 0.1) is 0 Å². The van der Waals surface area contributed by atoms with Gasteiger partial charge in [0.1, 0.15) is 0 Å². The monoisotopic (exact) mass is 222 g/mol. The van der Waals surface area contributed by atoms with Crippen molar-refractivity contribution in [3.63, 3.8) is 0 Å². The van der Waals surface area contributed by atoms with Gasteiger partial charge in [0.2, 0.25) is 0 Å². The first-order valence-electron chi connectivity index (χ1n) is 4.83. The number of amides is 1. The highest BCUT2D eigenvalue weighted by molar-refractivity contribution is 6.33. The molecule has 0 fully saturated rings. The van der Waals surface area contributed by atoms with Gasteiger partial charge in [-0.25, -0.2) is 0 Å². The molecule has 0 radical (unpaired) electrons. The van der Waals surface area contributed by atoms with Crippen molar-refractivity contribution in [3.8, 4) is 0 Å². The topological polar surface area (TPSA) is 33.2 Å². The van der Waals surface area contributed by atoms with E-state index in [1.165, 1.54) is 6.20 Å². The van der Waals surface area contributed by atoms with Crippen molar-refractivity contribution in [3.05, 3.63) is 41.2 Å². The number of carbonyl (C=O) groups is 1. The lowest BCUT2D eigenvalue weighted by Crippen LogP contribution is -2.33. The summed E-state index contributed by atoms with van der Waals surface area (Å²) >= 11 is 5.93. The zero-order valence-corrected chi connectivity index (χ0v) is 8.94. The van der Waals surface area contributed by atoms with Crippen molar-refractivity contribution < 1.29 is 4.79 Å². The van der Waals surface area contributed by atoms with Crippen LogP contribution in [0.2, 0.25) is 5.02 Å². The Hall–Kier alpha value is -1.35. The van der Waals surface area contributed by atoms with E-state index in [0.29, 0.717) is 17.1 Å². The molecule has 1 aromatic rings. The molecule has 78 valence electrons. The van der Waals surface area contributed by atoms with Crippen molar-refractivity contribution in [1.29, 1.82) is 0 Å². The number of hydrogen-bond acceptors (Lipinski definition) is 2. The number of carbonyl (C=O) groups excluding carboxylic acids is 1. The van der Waals surface area contributed by atoms with Crippen LogP contribution < -0.4 is 0 Å². The first-order chi connectivity index (χ1) is 7.29. The van der Waals surface area contributed by atoms with Gasteiger partial charge in [-0.15, -0.1) is 0 Å². The highest BCUT2D eigenvalue weighted by atomic mass is 35.5. The standard InChI is InChI=1S/C11H11ClN2O/c12-10-4-5-13-8-9(10)11(15)14-6-2-1-3-7-14/h1-2,4-5,8H,3,6-7H2. The van der Waals surface area contributed by atoms with Crippen molar-refractivity contribution >= 4 is 17.5 Å². The lowest BCUT2D eigenvalue weighted by atomic mass is 10.2. The van der Waals surface area contributed by atoms with Gasteiger partial charge in [0.15, 0.2) is 0 Å². The van der Waals surface area contributed by atoms with Crippen molar-refractivity contribution in [2.75, 3.05) is 13.1 Å². The van der Waals surface area contributed by atoms with Crippen LogP contribution in [-0.2, 0) is 0 Å². The molecule has 2 rings (SSSR count). The second kappa shape index (κ2) is 4.45. The van der Waals surface area contributed by atoms with Crippen LogP contribution >= 0.6 is 11.6 Å². The molecule has 4 heteroatoms. The van der Waals surface area contributed by atoms with Gasteiger partial charge < -0.3 is 4.90 Å². The summed E-state index contributed by atoms with van der Waals surface area (Å²) in [5, 5.41) is 0.463. The third kappa shape index (κ3) is 2.18. The van der Waals surface area contributed by atoms with Crippen molar-refractivity contribution in [2.24, 2.45) is 0 Å². The van der Waals surface area contributed by atoms with Crippen LogP contribution in [0.4, 0.5) is 0 Å². The summed E-state index contributed by atoms with van der Waals surface area (Å²) in [7, 11) is 0. The first kappa shape index (κ1) is 10.2. The Balaban J connectivity index is 2.20. The van der Waals surface area contributed by atoms with Gasteiger partial charge in [-0.3, -0.25) is 9.78 Å². The van der Waals surface area contributed by atoms with E-state index in [-0.39, 0.29) is 5.91 Å². The highest BCUT2D eigenvalue weighted by Crippen LogP contribution is 2.16. The molecule has 0 unspecified atom stereocenters. The van der Waals surface area contributed by atoms with E-state index in [9.17, 15) is 4.79 Å². The van der Waals surface area contributed by atoms with E-state index in [2.05, 4.69) is 11.1 Å². The van der Waals surface area contributed by atoms with Crippen LogP contribution in [-0.4, -0.2) is 28.9 Å². The van der Waals surface area contributed by atoms with Crippen LogP contribution in [0.25, 0.3) is 0 Å². The average Bonchev–Trinajstić information content (AvgIpc) is 2.30. The predicted octanol–water partition coefficient (Wildman–Crippen LogP) is 2.14. The first-order valence-corrected chi connectivity index (χ1v) is 5.20. The molecule has 0 N–H and O–H groups in total. The maximum absolute atomic E-state index is 12.0. The second-order valence-corrected chi connectivity index (χ2v) is 3.77. The van der Waals surface area contributed by atoms with Crippen LogP contribution in [0.3, 0.4) is 0 Å². The number of aromatic nitrogens is 1. The highest BCUT2D eigenvalue weighted by Gasteiger charge is 2.18. The number of halogens is 1. The van der Waals surface area contributed by atoms with Gasteiger partial charge in [0.25, 0.3) is 5.91 Å². The van der Waals surface area contributed by atoms with E-state index >= 15 is 0 Å². The molecule has 0 aromatic carbocycles. The Morgan fingerprint density at radius 2 is 2.33 bits per heavy atom. The molecule has 0 bridgehead atoms. The molecule has 0 spiro atoms.